The van der Waals surface area contributed by atoms with Gasteiger partial charge < -0.3 is 10.4 Å². The van der Waals surface area contributed by atoms with E-state index in [1.165, 1.54) is 17.7 Å². The van der Waals surface area contributed by atoms with Crippen molar-refractivity contribution in [2.45, 2.75) is 51.7 Å². The molecular weight excluding hydrogens is 202 g/mol. The third kappa shape index (κ3) is 2.50. The normalized spacial score (nSPS) is 17.9. The fourth-order valence-corrected chi connectivity index (χ4v) is 2.29. The summed E-state index contributed by atoms with van der Waals surface area (Å²) >= 11 is 0. The van der Waals surface area contributed by atoms with E-state index in [4.69, 9.17) is 0 Å². The molecule has 2 unspecified atom stereocenters. The van der Waals surface area contributed by atoms with Crippen molar-refractivity contribution in [3.8, 4) is 0 Å². The average Bonchev–Trinajstić information content (AvgIpc) is 2.65. The van der Waals surface area contributed by atoms with Crippen LogP contribution >= 0.6 is 0 Å². The van der Waals surface area contributed by atoms with Crippen LogP contribution in [0, 0.1) is 0 Å². The van der Waals surface area contributed by atoms with E-state index < -0.39 is 0 Å². The molecule has 0 saturated carbocycles. The Labute approximate surface area is 96.1 Å². The van der Waals surface area contributed by atoms with Crippen molar-refractivity contribution in [3.05, 3.63) is 17.6 Å². The molecule has 0 amide bonds. The van der Waals surface area contributed by atoms with Crippen molar-refractivity contribution in [1.29, 1.82) is 0 Å². The number of aryl methyl sites for hydroxylation is 1. The molecule has 4 nitrogen and oxygen atoms in total. The highest BCUT2D eigenvalue weighted by molar-refractivity contribution is 5.48. The Morgan fingerprint density at radius 1 is 1.38 bits per heavy atom. The first-order chi connectivity index (χ1) is 7.66. The summed E-state index contributed by atoms with van der Waals surface area (Å²) in [4.78, 5) is 8.58. The summed E-state index contributed by atoms with van der Waals surface area (Å²) in [6, 6.07) is 0.236. The van der Waals surface area contributed by atoms with Gasteiger partial charge in [-0.15, -0.1) is 0 Å². The lowest BCUT2D eigenvalue weighted by Crippen LogP contribution is -2.22. The van der Waals surface area contributed by atoms with Crippen molar-refractivity contribution >= 4 is 5.82 Å². The third-order valence-electron chi connectivity index (χ3n) is 2.95. The Morgan fingerprint density at radius 3 is 2.94 bits per heavy atom. The van der Waals surface area contributed by atoms with E-state index in [2.05, 4.69) is 22.2 Å². The molecule has 1 aliphatic carbocycles. The molecule has 16 heavy (non-hydrogen) atoms. The number of hydrogen-bond donors (Lipinski definition) is 2. The molecule has 0 radical (unpaired) electrons. The van der Waals surface area contributed by atoms with Crippen LogP contribution in [0.1, 0.15) is 37.9 Å². The Kier molecular flexibility index (Phi) is 3.39. The third-order valence-corrected chi connectivity index (χ3v) is 2.95. The molecule has 0 aromatic carbocycles. The quantitative estimate of drug-likeness (QED) is 0.809. The van der Waals surface area contributed by atoms with Gasteiger partial charge in [-0.25, -0.2) is 9.97 Å². The molecule has 1 aromatic rings. The van der Waals surface area contributed by atoms with Crippen LogP contribution in [-0.2, 0) is 12.8 Å². The highest BCUT2D eigenvalue weighted by atomic mass is 16.3. The Bertz CT molecular complexity index is 365. The number of aliphatic hydroxyl groups is 1. The van der Waals surface area contributed by atoms with E-state index in [1.54, 1.807) is 6.33 Å². The standard InChI is InChI=1S/C12H19N3O/c1-8(6-9(2)16)15-12-10-4-3-5-11(10)13-7-14-12/h7-9,16H,3-6H2,1-2H3,(H,13,14,15). The van der Waals surface area contributed by atoms with Crippen LogP contribution in [0.3, 0.4) is 0 Å². The molecular formula is C12H19N3O. The second kappa shape index (κ2) is 4.78. The SMILES string of the molecule is CC(O)CC(C)Nc1ncnc2c1CCC2. The first-order valence-corrected chi connectivity index (χ1v) is 5.94. The summed E-state index contributed by atoms with van der Waals surface area (Å²) in [5.41, 5.74) is 2.45. The first-order valence-electron chi connectivity index (χ1n) is 5.94. The zero-order chi connectivity index (χ0) is 11.5. The number of anilines is 1. The van der Waals surface area contributed by atoms with Gasteiger partial charge >= 0.3 is 0 Å². The lowest BCUT2D eigenvalue weighted by Gasteiger charge is -2.17. The number of nitrogens with zero attached hydrogens (tertiary/aromatic N) is 2. The second-order valence-corrected chi connectivity index (χ2v) is 4.63. The monoisotopic (exact) mass is 221 g/mol. The largest absolute Gasteiger partial charge is 0.393 e. The number of fused-ring (bicyclic) bond motifs is 1. The number of rotatable bonds is 4. The molecule has 1 heterocycles. The van der Waals surface area contributed by atoms with Crippen molar-refractivity contribution < 1.29 is 5.11 Å². The van der Waals surface area contributed by atoms with E-state index >= 15 is 0 Å². The maximum Gasteiger partial charge on any atom is 0.133 e. The summed E-state index contributed by atoms with van der Waals surface area (Å²) in [5.74, 6) is 0.954. The molecule has 2 rings (SSSR count). The van der Waals surface area contributed by atoms with E-state index in [-0.39, 0.29) is 12.1 Å². The van der Waals surface area contributed by atoms with Gasteiger partial charge in [0.1, 0.15) is 12.1 Å². The lowest BCUT2D eigenvalue weighted by atomic mass is 10.1. The van der Waals surface area contributed by atoms with Gasteiger partial charge in [0, 0.05) is 17.3 Å². The summed E-state index contributed by atoms with van der Waals surface area (Å²) in [6.07, 6.45) is 5.39. The average molecular weight is 221 g/mol. The van der Waals surface area contributed by atoms with E-state index in [9.17, 15) is 5.11 Å². The van der Waals surface area contributed by atoms with Gasteiger partial charge in [-0.05, 0) is 39.5 Å². The summed E-state index contributed by atoms with van der Waals surface area (Å²) in [5, 5.41) is 12.7. The number of nitrogens with one attached hydrogen (secondary N) is 1. The Balaban J connectivity index is 2.07. The van der Waals surface area contributed by atoms with Crippen LogP contribution in [-0.4, -0.2) is 27.2 Å². The van der Waals surface area contributed by atoms with Crippen LogP contribution in [0.2, 0.25) is 0 Å². The molecule has 0 aliphatic heterocycles. The molecule has 0 bridgehead atoms. The molecule has 0 saturated heterocycles. The molecule has 0 spiro atoms. The molecule has 1 aromatic heterocycles. The van der Waals surface area contributed by atoms with Crippen molar-refractivity contribution in [1.82, 2.24) is 9.97 Å². The molecule has 2 N–H and O–H groups in total. The van der Waals surface area contributed by atoms with Gasteiger partial charge in [0.25, 0.3) is 0 Å². The molecule has 88 valence electrons. The summed E-state index contributed by atoms with van der Waals surface area (Å²) in [7, 11) is 0. The van der Waals surface area contributed by atoms with Gasteiger partial charge in [-0.3, -0.25) is 0 Å². The van der Waals surface area contributed by atoms with E-state index in [1.807, 2.05) is 6.92 Å². The number of aliphatic hydroxyl groups excluding tert-OH is 1. The zero-order valence-electron chi connectivity index (χ0n) is 9.90. The molecule has 0 fully saturated rings. The fourth-order valence-electron chi connectivity index (χ4n) is 2.29. The van der Waals surface area contributed by atoms with E-state index in [0.717, 1.165) is 25.1 Å². The van der Waals surface area contributed by atoms with Crippen LogP contribution < -0.4 is 5.32 Å². The highest BCUT2D eigenvalue weighted by Gasteiger charge is 2.18. The van der Waals surface area contributed by atoms with Crippen LogP contribution in [0.15, 0.2) is 6.33 Å². The fraction of sp³-hybridized carbons (Fsp3) is 0.667. The minimum Gasteiger partial charge on any atom is -0.393 e. The highest BCUT2D eigenvalue weighted by Crippen LogP contribution is 2.25. The second-order valence-electron chi connectivity index (χ2n) is 4.63. The summed E-state index contributed by atoms with van der Waals surface area (Å²) in [6.45, 7) is 3.87. The smallest absolute Gasteiger partial charge is 0.133 e. The van der Waals surface area contributed by atoms with Crippen molar-refractivity contribution in [3.63, 3.8) is 0 Å². The maximum atomic E-state index is 9.32. The van der Waals surface area contributed by atoms with Crippen LogP contribution in [0.4, 0.5) is 5.82 Å². The van der Waals surface area contributed by atoms with Crippen LogP contribution in [0.5, 0.6) is 0 Å². The van der Waals surface area contributed by atoms with Gasteiger partial charge in [-0.1, -0.05) is 0 Å². The topological polar surface area (TPSA) is 58.0 Å². The minimum atomic E-state index is -0.280. The minimum absolute atomic E-state index is 0.236. The number of aromatic nitrogens is 2. The van der Waals surface area contributed by atoms with Crippen LogP contribution in [0.25, 0.3) is 0 Å². The van der Waals surface area contributed by atoms with Gasteiger partial charge in [0.2, 0.25) is 0 Å². The predicted molar refractivity (Wildman–Crippen MR) is 63.4 cm³/mol. The lowest BCUT2D eigenvalue weighted by molar-refractivity contribution is 0.179. The Morgan fingerprint density at radius 2 is 2.19 bits per heavy atom. The van der Waals surface area contributed by atoms with Gasteiger partial charge in [-0.2, -0.15) is 0 Å². The number of hydrogen-bond acceptors (Lipinski definition) is 4. The van der Waals surface area contributed by atoms with Gasteiger partial charge in [0.15, 0.2) is 0 Å². The molecule has 4 heteroatoms. The first kappa shape index (κ1) is 11.3. The zero-order valence-corrected chi connectivity index (χ0v) is 9.90. The Hall–Kier alpha value is -1.16. The van der Waals surface area contributed by atoms with Gasteiger partial charge in [0.05, 0.1) is 6.10 Å². The van der Waals surface area contributed by atoms with E-state index in [0.29, 0.717) is 0 Å². The summed E-state index contributed by atoms with van der Waals surface area (Å²) < 4.78 is 0. The molecule has 2 atom stereocenters. The van der Waals surface area contributed by atoms with Crippen molar-refractivity contribution in [2.75, 3.05) is 5.32 Å². The maximum absolute atomic E-state index is 9.32. The van der Waals surface area contributed by atoms with Crippen molar-refractivity contribution in [2.24, 2.45) is 0 Å². The molecule has 1 aliphatic rings. The predicted octanol–water partition coefficient (Wildman–Crippen LogP) is 1.54.